The van der Waals surface area contributed by atoms with Gasteiger partial charge in [-0.15, -0.1) is 0 Å². The van der Waals surface area contributed by atoms with Crippen LogP contribution >= 0.6 is 0 Å². The van der Waals surface area contributed by atoms with Gasteiger partial charge in [-0.25, -0.2) is 9.37 Å². The van der Waals surface area contributed by atoms with E-state index in [9.17, 15) is 9.18 Å². The van der Waals surface area contributed by atoms with Gasteiger partial charge in [-0.3, -0.25) is 9.69 Å². The molecule has 0 spiro atoms. The van der Waals surface area contributed by atoms with Crippen LogP contribution in [-0.4, -0.2) is 45.3 Å². The van der Waals surface area contributed by atoms with Crippen molar-refractivity contribution in [3.05, 3.63) is 53.4 Å². The zero-order chi connectivity index (χ0) is 17.6. The molecule has 0 saturated carbocycles. The van der Waals surface area contributed by atoms with Crippen LogP contribution in [-0.2, 0) is 24.3 Å². The summed E-state index contributed by atoms with van der Waals surface area (Å²) >= 11 is 0. The third-order valence-corrected chi connectivity index (χ3v) is 4.56. The molecule has 1 aliphatic heterocycles. The second kappa shape index (κ2) is 8.25. The molecular weight excluding hydrogens is 319 g/mol. The highest BCUT2D eigenvalue weighted by atomic mass is 19.1. The molecule has 2 aromatic rings. The van der Waals surface area contributed by atoms with E-state index in [0.29, 0.717) is 31.7 Å². The largest absolute Gasteiger partial charge is 0.345 e. The maximum atomic E-state index is 13.8. The SMILES string of the molecule is CCCCc1ncc(CN2CCN(Cc3ccccc3F)C(=O)C2)[nH]1. The van der Waals surface area contributed by atoms with E-state index in [1.165, 1.54) is 6.07 Å². The van der Waals surface area contributed by atoms with Crippen molar-refractivity contribution in [2.24, 2.45) is 0 Å². The van der Waals surface area contributed by atoms with E-state index >= 15 is 0 Å². The molecule has 1 aromatic heterocycles. The number of aromatic nitrogens is 2. The van der Waals surface area contributed by atoms with Gasteiger partial charge in [-0.05, 0) is 12.5 Å². The average molecular weight is 344 g/mol. The van der Waals surface area contributed by atoms with Crippen molar-refractivity contribution in [1.82, 2.24) is 19.8 Å². The summed E-state index contributed by atoms with van der Waals surface area (Å²) in [5.74, 6) is 0.802. The van der Waals surface area contributed by atoms with E-state index in [-0.39, 0.29) is 11.7 Å². The lowest BCUT2D eigenvalue weighted by Gasteiger charge is -2.34. The second-order valence-corrected chi connectivity index (χ2v) is 6.58. The van der Waals surface area contributed by atoms with Gasteiger partial charge in [0.15, 0.2) is 0 Å². The number of H-pyrrole nitrogens is 1. The van der Waals surface area contributed by atoms with Crippen LogP contribution in [0.15, 0.2) is 30.5 Å². The maximum absolute atomic E-state index is 13.8. The Labute approximate surface area is 147 Å². The number of rotatable bonds is 7. The monoisotopic (exact) mass is 344 g/mol. The van der Waals surface area contributed by atoms with Crippen molar-refractivity contribution >= 4 is 5.91 Å². The number of carbonyl (C=O) groups is 1. The third kappa shape index (κ3) is 4.66. The smallest absolute Gasteiger partial charge is 0.237 e. The number of aromatic amines is 1. The van der Waals surface area contributed by atoms with Crippen LogP contribution in [0.5, 0.6) is 0 Å². The molecule has 0 aliphatic carbocycles. The Morgan fingerprint density at radius 2 is 2.08 bits per heavy atom. The van der Waals surface area contributed by atoms with Gasteiger partial charge in [-0.2, -0.15) is 0 Å². The van der Waals surface area contributed by atoms with Crippen molar-refractivity contribution in [3.63, 3.8) is 0 Å². The van der Waals surface area contributed by atoms with E-state index in [1.807, 2.05) is 6.20 Å². The van der Waals surface area contributed by atoms with Crippen molar-refractivity contribution in [3.8, 4) is 0 Å². The van der Waals surface area contributed by atoms with Gasteiger partial charge in [0, 0.05) is 50.1 Å². The van der Waals surface area contributed by atoms with Crippen LogP contribution in [0.2, 0.25) is 0 Å². The number of halogens is 1. The summed E-state index contributed by atoms with van der Waals surface area (Å²) in [6, 6.07) is 6.63. The first kappa shape index (κ1) is 17.6. The third-order valence-electron chi connectivity index (χ3n) is 4.56. The number of carbonyl (C=O) groups excluding carboxylic acids is 1. The molecule has 0 atom stereocenters. The fourth-order valence-corrected chi connectivity index (χ4v) is 3.09. The van der Waals surface area contributed by atoms with E-state index < -0.39 is 0 Å². The van der Waals surface area contributed by atoms with Crippen LogP contribution in [0.3, 0.4) is 0 Å². The van der Waals surface area contributed by atoms with Crippen molar-refractivity contribution in [2.75, 3.05) is 19.6 Å². The fraction of sp³-hybridized carbons (Fsp3) is 0.474. The molecule has 3 rings (SSSR count). The van der Waals surface area contributed by atoms with Crippen LogP contribution in [0.25, 0.3) is 0 Å². The van der Waals surface area contributed by atoms with Gasteiger partial charge >= 0.3 is 0 Å². The normalized spacial score (nSPS) is 15.8. The van der Waals surface area contributed by atoms with Gasteiger partial charge in [0.05, 0.1) is 6.54 Å². The molecule has 2 heterocycles. The molecule has 1 aliphatic rings. The Morgan fingerprint density at radius 1 is 1.24 bits per heavy atom. The predicted octanol–water partition coefficient (Wildman–Crippen LogP) is 2.74. The molecule has 0 bridgehead atoms. The zero-order valence-corrected chi connectivity index (χ0v) is 14.7. The molecule has 1 aromatic carbocycles. The average Bonchev–Trinajstić information content (AvgIpc) is 3.04. The first-order valence-corrected chi connectivity index (χ1v) is 8.92. The fourth-order valence-electron chi connectivity index (χ4n) is 3.09. The molecule has 0 radical (unpaired) electrons. The van der Waals surface area contributed by atoms with Crippen LogP contribution in [0.1, 0.15) is 36.8 Å². The number of unbranched alkanes of at least 4 members (excludes halogenated alkanes) is 1. The number of hydrogen-bond donors (Lipinski definition) is 1. The quantitative estimate of drug-likeness (QED) is 0.840. The minimum atomic E-state index is -0.255. The highest BCUT2D eigenvalue weighted by Gasteiger charge is 2.24. The summed E-state index contributed by atoms with van der Waals surface area (Å²) in [5.41, 5.74) is 1.61. The van der Waals surface area contributed by atoms with Crippen LogP contribution in [0, 0.1) is 5.82 Å². The number of benzene rings is 1. The summed E-state index contributed by atoms with van der Waals surface area (Å²) in [4.78, 5) is 24.0. The number of piperazine rings is 1. The molecular formula is C19H25FN4O. The summed E-state index contributed by atoms with van der Waals surface area (Å²) in [6.07, 6.45) is 5.10. The molecule has 1 N–H and O–H groups in total. The minimum absolute atomic E-state index is 0.0419. The van der Waals surface area contributed by atoms with E-state index in [1.54, 1.807) is 23.1 Å². The van der Waals surface area contributed by atoms with Gasteiger partial charge in [0.2, 0.25) is 5.91 Å². The standard InChI is InChI=1S/C19H25FN4O/c1-2-3-8-18-21-11-16(22-18)13-23-9-10-24(19(25)14-23)12-15-6-4-5-7-17(15)20/h4-7,11H,2-3,8-10,12-14H2,1H3,(H,21,22). The number of nitrogens with one attached hydrogen (secondary N) is 1. The molecule has 0 unspecified atom stereocenters. The van der Waals surface area contributed by atoms with E-state index in [2.05, 4.69) is 21.8 Å². The lowest BCUT2D eigenvalue weighted by Crippen LogP contribution is -2.49. The van der Waals surface area contributed by atoms with E-state index in [4.69, 9.17) is 0 Å². The Morgan fingerprint density at radius 3 is 2.84 bits per heavy atom. The lowest BCUT2D eigenvalue weighted by molar-refractivity contribution is -0.136. The van der Waals surface area contributed by atoms with Gasteiger partial charge in [0.1, 0.15) is 11.6 Å². The molecule has 5 nitrogen and oxygen atoms in total. The summed E-state index contributed by atoms with van der Waals surface area (Å²) < 4.78 is 13.8. The number of imidazole rings is 1. The maximum Gasteiger partial charge on any atom is 0.237 e. The number of amides is 1. The summed E-state index contributed by atoms with van der Waals surface area (Å²) in [5, 5.41) is 0. The first-order valence-electron chi connectivity index (χ1n) is 8.92. The lowest BCUT2D eigenvalue weighted by atomic mass is 10.2. The Hall–Kier alpha value is -2.21. The molecule has 6 heteroatoms. The van der Waals surface area contributed by atoms with Crippen molar-refractivity contribution in [1.29, 1.82) is 0 Å². The Kier molecular flexibility index (Phi) is 5.81. The second-order valence-electron chi connectivity index (χ2n) is 6.58. The first-order chi connectivity index (χ1) is 12.2. The van der Waals surface area contributed by atoms with Crippen LogP contribution < -0.4 is 0 Å². The highest BCUT2D eigenvalue weighted by Crippen LogP contribution is 2.14. The van der Waals surface area contributed by atoms with Crippen LogP contribution in [0.4, 0.5) is 4.39 Å². The van der Waals surface area contributed by atoms with E-state index in [0.717, 1.165) is 37.3 Å². The summed E-state index contributed by atoms with van der Waals surface area (Å²) in [7, 11) is 0. The number of hydrogen-bond acceptors (Lipinski definition) is 3. The Bertz CT molecular complexity index is 715. The molecule has 134 valence electrons. The summed E-state index contributed by atoms with van der Waals surface area (Å²) in [6.45, 7) is 4.95. The van der Waals surface area contributed by atoms with Gasteiger partial charge in [-0.1, -0.05) is 31.5 Å². The topological polar surface area (TPSA) is 52.2 Å². The minimum Gasteiger partial charge on any atom is -0.345 e. The number of nitrogens with zero attached hydrogens (tertiary/aromatic N) is 3. The predicted molar refractivity (Wildman–Crippen MR) is 94.3 cm³/mol. The van der Waals surface area contributed by atoms with Gasteiger partial charge < -0.3 is 9.88 Å². The molecule has 25 heavy (non-hydrogen) atoms. The van der Waals surface area contributed by atoms with Crippen molar-refractivity contribution in [2.45, 2.75) is 39.3 Å². The van der Waals surface area contributed by atoms with Gasteiger partial charge in [0.25, 0.3) is 0 Å². The highest BCUT2D eigenvalue weighted by molar-refractivity contribution is 5.79. The molecule has 1 amide bonds. The molecule has 1 saturated heterocycles. The molecule has 1 fully saturated rings. The number of aryl methyl sites for hydroxylation is 1. The Balaban J connectivity index is 1.52. The zero-order valence-electron chi connectivity index (χ0n) is 14.7. The van der Waals surface area contributed by atoms with Crippen molar-refractivity contribution < 1.29 is 9.18 Å².